The Morgan fingerprint density at radius 3 is 2.67 bits per heavy atom. The molecular weight excluding hydrogens is 242 g/mol. The molecule has 1 aromatic carbocycles. The van der Waals surface area contributed by atoms with Crippen LogP contribution in [0.15, 0.2) is 12.1 Å². The molecule has 0 amide bonds. The minimum Gasteiger partial charge on any atom is -0.481 e. The highest BCUT2D eigenvalue weighted by Crippen LogP contribution is 2.25. The monoisotopic (exact) mass is 246 g/mol. The van der Waals surface area contributed by atoms with Gasteiger partial charge in [0.1, 0.15) is 12.2 Å². The number of carboxylic acids is 1. The zero-order valence-corrected chi connectivity index (χ0v) is 8.86. The van der Waals surface area contributed by atoms with E-state index >= 15 is 0 Å². The molecule has 1 rings (SSSR count). The lowest BCUT2D eigenvalue weighted by molar-refractivity contribution is -0.135. The summed E-state index contributed by atoms with van der Waals surface area (Å²) in [5.41, 5.74) is 0.295. The van der Waals surface area contributed by atoms with Crippen molar-refractivity contribution in [3.63, 3.8) is 0 Å². The normalized spacial score (nSPS) is 9.27. The van der Waals surface area contributed by atoms with Gasteiger partial charge in [0.05, 0.1) is 10.0 Å². The minimum absolute atomic E-state index is 0.0521. The number of halogens is 3. The van der Waals surface area contributed by atoms with Crippen LogP contribution in [-0.2, 0) is 4.79 Å². The second kappa shape index (κ2) is 5.01. The Morgan fingerprint density at radius 1 is 1.47 bits per heavy atom. The molecule has 0 fully saturated rings. The molecule has 5 heteroatoms. The summed E-state index contributed by atoms with van der Waals surface area (Å²) >= 11 is 11.1. The first-order chi connectivity index (χ1) is 7.00. The Bertz CT molecular complexity index is 437. The molecule has 0 aliphatic carbocycles. The molecule has 2 nitrogen and oxygen atoms in total. The number of hydrogen-bond donors (Lipinski definition) is 1. The lowest BCUT2D eigenvalue weighted by atomic mass is 10.2. The summed E-state index contributed by atoms with van der Waals surface area (Å²) in [6, 6.07) is 2.48. The van der Waals surface area contributed by atoms with Gasteiger partial charge in [0.15, 0.2) is 0 Å². The zero-order chi connectivity index (χ0) is 11.4. The van der Waals surface area contributed by atoms with Crippen molar-refractivity contribution in [2.75, 3.05) is 0 Å². The first-order valence-electron chi connectivity index (χ1n) is 3.86. The van der Waals surface area contributed by atoms with Crippen molar-refractivity contribution in [2.24, 2.45) is 0 Å². The fourth-order valence-corrected chi connectivity index (χ4v) is 1.17. The van der Waals surface area contributed by atoms with Gasteiger partial charge in [-0.25, -0.2) is 4.39 Å². The number of carbonyl (C=O) groups is 1. The van der Waals surface area contributed by atoms with E-state index < -0.39 is 11.8 Å². The first kappa shape index (κ1) is 11.8. The molecule has 0 saturated heterocycles. The predicted molar refractivity (Wildman–Crippen MR) is 55.6 cm³/mol. The van der Waals surface area contributed by atoms with Gasteiger partial charge in [-0.2, -0.15) is 0 Å². The van der Waals surface area contributed by atoms with Crippen molar-refractivity contribution in [1.29, 1.82) is 0 Å². The van der Waals surface area contributed by atoms with E-state index in [9.17, 15) is 9.18 Å². The van der Waals surface area contributed by atoms with E-state index in [1.54, 1.807) is 0 Å². The number of rotatable bonds is 1. The van der Waals surface area contributed by atoms with E-state index in [-0.39, 0.29) is 16.5 Å². The van der Waals surface area contributed by atoms with Crippen LogP contribution < -0.4 is 0 Å². The largest absolute Gasteiger partial charge is 0.481 e. The molecule has 78 valence electrons. The summed E-state index contributed by atoms with van der Waals surface area (Å²) in [4.78, 5) is 10.2. The fourth-order valence-electron chi connectivity index (χ4n) is 0.850. The molecule has 0 heterocycles. The van der Waals surface area contributed by atoms with E-state index in [0.29, 0.717) is 5.56 Å². The van der Waals surface area contributed by atoms with Crippen LogP contribution in [0.3, 0.4) is 0 Å². The summed E-state index contributed by atoms with van der Waals surface area (Å²) in [6.07, 6.45) is -0.304. The van der Waals surface area contributed by atoms with E-state index in [0.717, 1.165) is 6.07 Å². The molecule has 0 unspecified atom stereocenters. The maximum atomic E-state index is 13.0. The molecule has 0 saturated carbocycles. The minimum atomic E-state index is -1.04. The Kier molecular flexibility index (Phi) is 3.96. The second-order valence-corrected chi connectivity index (χ2v) is 3.41. The zero-order valence-electron chi connectivity index (χ0n) is 7.35. The third-order valence-corrected chi connectivity index (χ3v) is 2.24. The van der Waals surface area contributed by atoms with Gasteiger partial charge in [0, 0.05) is 5.56 Å². The Morgan fingerprint density at radius 2 is 2.13 bits per heavy atom. The highest BCUT2D eigenvalue weighted by molar-refractivity contribution is 6.42. The Balaban J connectivity index is 2.95. The lowest BCUT2D eigenvalue weighted by Crippen LogP contribution is -1.90. The molecule has 0 aromatic heterocycles. The average Bonchev–Trinajstić information content (AvgIpc) is 2.13. The van der Waals surface area contributed by atoms with Crippen molar-refractivity contribution in [3.8, 4) is 11.8 Å². The number of aliphatic carboxylic acids is 1. The topological polar surface area (TPSA) is 37.3 Å². The van der Waals surface area contributed by atoms with Crippen LogP contribution >= 0.6 is 23.2 Å². The Labute approximate surface area is 95.6 Å². The van der Waals surface area contributed by atoms with Crippen LogP contribution in [0.2, 0.25) is 10.0 Å². The van der Waals surface area contributed by atoms with Crippen LogP contribution in [0, 0.1) is 17.7 Å². The van der Waals surface area contributed by atoms with Gasteiger partial charge in [0.25, 0.3) is 0 Å². The van der Waals surface area contributed by atoms with Crippen molar-refractivity contribution < 1.29 is 14.3 Å². The molecule has 1 aromatic rings. The molecule has 0 bridgehead atoms. The maximum Gasteiger partial charge on any atom is 0.315 e. The van der Waals surface area contributed by atoms with Crippen molar-refractivity contribution in [3.05, 3.63) is 33.6 Å². The highest BCUT2D eigenvalue weighted by Gasteiger charge is 2.05. The molecule has 15 heavy (non-hydrogen) atoms. The number of carboxylic acid groups (broad SMARTS) is 1. The van der Waals surface area contributed by atoms with Crippen LogP contribution in [-0.4, -0.2) is 11.1 Å². The summed E-state index contributed by atoms with van der Waals surface area (Å²) in [7, 11) is 0. The van der Waals surface area contributed by atoms with Gasteiger partial charge in [0.2, 0.25) is 0 Å². The van der Waals surface area contributed by atoms with Crippen LogP contribution in [0.1, 0.15) is 12.0 Å². The van der Waals surface area contributed by atoms with Gasteiger partial charge in [-0.1, -0.05) is 35.0 Å². The van der Waals surface area contributed by atoms with E-state index in [2.05, 4.69) is 11.8 Å². The fraction of sp³-hybridized carbons (Fsp3) is 0.100. The summed E-state index contributed by atoms with van der Waals surface area (Å²) in [5, 5.41) is 8.21. The second-order valence-electron chi connectivity index (χ2n) is 2.63. The third kappa shape index (κ3) is 3.43. The molecule has 0 atom stereocenters. The molecular formula is C10H5Cl2FO2. The van der Waals surface area contributed by atoms with Crippen LogP contribution in [0.5, 0.6) is 0 Å². The standard InChI is InChI=1S/C10H5Cl2FO2/c11-7-4-6(2-1-3-9(14)15)5-8(13)10(7)12/h4-5H,3H2,(H,14,15). The molecule has 0 spiro atoms. The predicted octanol–water partition coefficient (Wildman–Crippen LogP) is 2.96. The van der Waals surface area contributed by atoms with Gasteiger partial charge in [-0.05, 0) is 12.1 Å². The van der Waals surface area contributed by atoms with Gasteiger partial charge in [-0.3, -0.25) is 4.79 Å². The number of benzene rings is 1. The third-order valence-electron chi connectivity index (χ3n) is 1.46. The SMILES string of the molecule is O=C(O)CC#Cc1cc(F)c(Cl)c(Cl)c1. The molecule has 0 aliphatic heterocycles. The smallest absolute Gasteiger partial charge is 0.315 e. The first-order valence-corrected chi connectivity index (χ1v) is 4.61. The molecule has 1 N–H and O–H groups in total. The quantitative estimate of drug-likeness (QED) is 0.611. The highest BCUT2D eigenvalue weighted by atomic mass is 35.5. The maximum absolute atomic E-state index is 13.0. The van der Waals surface area contributed by atoms with Crippen molar-refractivity contribution in [1.82, 2.24) is 0 Å². The van der Waals surface area contributed by atoms with E-state index in [4.69, 9.17) is 28.3 Å². The van der Waals surface area contributed by atoms with Gasteiger partial charge < -0.3 is 5.11 Å². The summed E-state index contributed by atoms with van der Waals surface area (Å²) in [6.45, 7) is 0. The van der Waals surface area contributed by atoms with Gasteiger partial charge >= 0.3 is 5.97 Å². The van der Waals surface area contributed by atoms with Gasteiger partial charge in [-0.15, -0.1) is 0 Å². The summed E-state index contributed by atoms with van der Waals surface area (Å²) < 4.78 is 13.0. The van der Waals surface area contributed by atoms with Crippen molar-refractivity contribution in [2.45, 2.75) is 6.42 Å². The summed E-state index contributed by atoms with van der Waals surface area (Å²) in [5.74, 6) is 3.11. The lowest BCUT2D eigenvalue weighted by Gasteiger charge is -1.97. The van der Waals surface area contributed by atoms with E-state index in [1.807, 2.05) is 0 Å². The van der Waals surface area contributed by atoms with Crippen molar-refractivity contribution >= 4 is 29.2 Å². The van der Waals surface area contributed by atoms with E-state index in [1.165, 1.54) is 6.07 Å². The average molecular weight is 247 g/mol. The number of hydrogen-bond acceptors (Lipinski definition) is 1. The molecule has 0 radical (unpaired) electrons. The Hall–Kier alpha value is -1.24. The van der Waals surface area contributed by atoms with Crippen LogP contribution in [0.25, 0.3) is 0 Å². The molecule has 0 aliphatic rings. The van der Waals surface area contributed by atoms with Crippen LogP contribution in [0.4, 0.5) is 4.39 Å².